The lowest BCUT2D eigenvalue weighted by Gasteiger charge is -2.51. The van der Waals surface area contributed by atoms with Gasteiger partial charge in [0.1, 0.15) is 23.0 Å². The fourth-order valence-electron chi connectivity index (χ4n) is 10.8. The molecule has 8 nitrogen and oxygen atoms in total. The Kier molecular flexibility index (Phi) is 17.1. The minimum absolute atomic E-state index is 0.116. The van der Waals surface area contributed by atoms with E-state index in [9.17, 15) is 0 Å². The molecular formula is C55H76O8. The molecule has 0 bridgehead atoms. The Hall–Kier alpha value is -4.08. The van der Waals surface area contributed by atoms with E-state index in [1.165, 1.54) is 22.3 Å². The van der Waals surface area contributed by atoms with Gasteiger partial charge < -0.3 is 37.9 Å². The molecular weight excluding hydrogens is 789 g/mol. The predicted octanol–water partition coefficient (Wildman–Crippen LogP) is 13.4. The van der Waals surface area contributed by atoms with Crippen LogP contribution < -0.4 is 18.9 Å². The van der Waals surface area contributed by atoms with Crippen LogP contribution in [0.15, 0.2) is 97.1 Å². The van der Waals surface area contributed by atoms with Gasteiger partial charge in [0.2, 0.25) is 0 Å². The van der Waals surface area contributed by atoms with E-state index in [0.29, 0.717) is 38.3 Å². The molecule has 2 saturated carbocycles. The van der Waals surface area contributed by atoms with Gasteiger partial charge in [0.15, 0.2) is 25.2 Å². The monoisotopic (exact) mass is 865 g/mol. The molecule has 0 aromatic heterocycles. The smallest absolute Gasteiger partial charge is 0.196 e. The fraction of sp³-hybridized carbons (Fsp3) is 0.564. The second kappa shape index (κ2) is 22.2. The molecule has 0 aliphatic heterocycles. The van der Waals surface area contributed by atoms with Crippen molar-refractivity contribution in [3.05, 3.63) is 119 Å². The van der Waals surface area contributed by atoms with E-state index in [-0.39, 0.29) is 41.4 Å². The summed E-state index contributed by atoms with van der Waals surface area (Å²) < 4.78 is 47.0. The maximum atomic E-state index is 6.09. The van der Waals surface area contributed by atoms with Gasteiger partial charge in [-0.25, -0.2) is 0 Å². The summed E-state index contributed by atoms with van der Waals surface area (Å²) in [5.74, 6) is 4.53. The molecule has 0 amide bonds. The molecule has 0 heterocycles. The van der Waals surface area contributed by atoms with E-state index in [1.807, 2.05) is 55.4 Å². The van der Waals surface area contributed by atoms with Crippen molar-refractivity contribution in [2.45, 2.75) is 157 Å². The number of hydrogen-bond acceptors (Lipinski definition) is 8. The molecule has 4 aromatic rings. The third-order valence-corrected chi connectivity index (χ3v) is 14.2. The second-order valence-electron chi connectivity index (χ2n) is 18.2. The van der Waals surface area contributed by atoms with Gasteiger partial charge in [0.25, 0.3) is 0 Å². The lowest BCUT2D eigenvalue weighted by molar-refractivity contribution is -0.0617. The van der Waals surface area contributed by atoms with Crippen molar-refractivity contribution in [3.63, 3.8) is 0 Å². The Morgan fingerprint density at radius 3 is 0.794 bits per heavy atom. The van der Waals surface area contributed by atoms with Crippen LogP contribution in [-0.2, 0) is 29.8 Å². The highest BCUT2D eigenvalue weighted by molar-refractivity contribution is 5.46. The van der Waals surface area contributed by atoms with E-state index >= 15 is 0 Å². The molecule has 8 heteroatoms. The lowest BCUT2D eigenvalue weighted by Crippen LogP contribution is -2.43. The highest BCUT2D eigenvalue weighted by Gasteiger charge is 2.48. The summed E-state index contributed by atoms with van der Waals surface area (Å²) in [6, 6.07) is 35.1. The van der Waals surface area contributed by atoms with Crippen LogP contribution in [0.2, 0.25) is 0 Å². The largest absolute Gasteiger partial charge is 0.465 e. The van der Waals surface area contributed by atoms with E-state index in [2.05, 4.69) is 111 Å². The van der Waals surface area contributed by atoms with E-state index in [1.54, 1.807) is 0 Å². The van der Waals surface area contributed by atoms with E-state index in [0.717, 1.165) is 74.4 Å². The Labute approximate surface area is 379 Å². The van der Waals surface area contributed by atoms with Crippen LogP contribution in [0.25, 0.3) is 0 Å². The highest BCUT2D eigenvalue weighted by Crippen LogP contribution is 2.57. The van der Waals surface area contributed by atoms with Crippen molar-refractivity contribution < 1.29 is 37.9 Å². The maximum Gasteiger partial charge on any atom is 0.196 e. The quantitative estimate of drug-likeness (QED) is 0.0723. The van der Waals surface area contributed by atoms with Gasteiger partial charge in [0, 0.05) is 37.3 Å². The molecule has 0 N–H and O–H groups in total. The summed E-state index contributed by atoms with van der Waals surface area (Å²) >= 11 is 0. The van der Waals surface area contributed by atoms with Crippen molar-refractivity contribution in [2.24, 2.45) is 17.3 Å². The van der Waals surface area contributed by atoms with Crippen LogP contribution in [0.5, 0.6) is 23.0 Å². The summed E-state index contributed by atoms with van der Waals surface area (Å²) in [6.45, 7) is 23.3. The zero-order chi connectivity index (χ0) is 45.0. The Bertz CT molecular complexity index is 1660. The molecule has 6 rings (SSSR count). The maximum absolute atomic E-state index is 6.09. The molecule has 63 heavy (non-hydrogen) atoms. The first-order valence-corrected chi connectivity index (χ1v) is 23.9. The van der Waals surface area contributed by atoms with Crippen molar-refractivity contribution >= 4 is 0 Å². The van der Waals surface area contributed by atoms with Crippen molar-refractivity contribution in [3.8, 4) is 23.0 Å². The zero-order valence-electron chi connectivity index (χ0n) is 40.0. The molecule has 2 aliphatic carbocycles. The van der Waals surface area contributed by atoms with Crippen LogP contribution in [0, 0.1) is 17.3 Å². The Balaban J connectivity index is 1.22. The average molecular weight is 865 g/mol. The molecule has 2 aliphatic rings. The predicted molar refractivity (Wildman–Crippen MR) is 252 cm³/mol. The molecule has 4 aromatic carbocycles. The number of ether oxygens (including phenoxy) is 8. The SMILES string of the molecule is CCOC(C)Oc1ccc(C2(c3ccc(OC(C)OCC)cc3)CCC(C(C)(C)C3CCC(c4ccc(OC(C)OCC)cc4)(c4ccc(OC(C)OCC)cc4)CC3)CC2)cc1. The first-order chi connectivity index (χ1) is 30.3. The number of benzene rings is 4. The Morgan fingerprint density at radius 2 is 0.603 bits per heavy atom. The van der Waals surface area contributed by atoms with Gasteiger partial charge in [-0.15, -0.1) is 0 Å². The fourth-order valence-corrected chi connectivity index (χ4v) is 10.8. The Morgan fingerprint density at radius 1 is 0.397 bits per heavy atom. The topological polar surface area (TPSA) is 73.8 Å². The van der Waals surface area contributed by atoms with Crippen LogP contribution >= 0.6 is 0 Å². The first-order valence-electron chi connectivity index (χ1n) is 23.9. The molecule has 344 valence electrons. The zero-order valence-corrected chi connectivity index (χ0v) is 40.0. The van der Waals surface area contributed by atoms with Gasteiger partial charge in [-0.2, -0.15) is 0 Å². The van der Waals surface area contributed by atoms with Gasteiger partial charge >= 0.3 is 0 Å². The van der Waals surface area contributed by atoms with Crippen LogP contribution in [0.1, 0.15) is 143 Å². The van der Waals surface area contributed by atoms with Gasteiger partial charge in [0.05, 0.1) is 0 Å². The van der Waals surface area contributed by atoms with Gasteiger partial charge in [-0.05, 0) is 195 Å². The van der Waals surface area contributed by atoms with Crippen LogP contribution in [-0.4, -0.2) is 51.6 Å². The summed E-state index contributed by atoms with van der Waals surface area (Å²) in [6.07, 6.45) is 7.78. The van der Waals surface area contributed by atoms with Crippen molar-refractivity contribution in [1.29, 1.82) is 0 Å². The van der Waals surface area contributed by atoms with Crippen LogP contribution in [0.3, 0.4) is 0 Å². The minimum atomic E-state index is -0.297. The third kappa shape index (κ3) is 11.8. The van der Waals surface area contributed by atoms with Crippen molar-refractivity contribution in [2.75, 3.05) is 26.4 Å². The van der Waals surface area contributed by atoms with Crippen molar-refractivity contribution in [1.82, 2.24) is 0 Å². The summed E-state index contributed by atoms with van der Waals surface area (Å²) in [4.78, 5) is 0. The highest BCUT2D eigenvalue weighted by atomic mass is 16.7. The lowest BCUT2D eigenvalue weighted by atomic mass is 9.53. The summed E-state index contributed by atoms with van der Waals surface area (Å²) in [7, 11) is 0. The average Bonchev–Trinajstić information content (AvgIpc) is 3.28. The number of rotatable bonds is 22. The summed E-state index contributed by atoms with van der Waals surface area (Å²) in [5, 5.41) is 0. The normalized spacial score (nSPS) is 23.6. The van der Waals surface area contributed by atoms with Crippen LogP contribution in [0.4, 0.5) is 0 Å². The molecule has 0 spiro atoms. The van der Waals surface area contributed by atoms with E-state index in [4.69, 9.17) is 37.9 Å². The minimum Gasteiger partial charge on any atom is -0.465 e. The third-order valence-electron chi connectivity index (χ3n) is 14.2. The van der Waals surface area contributed by atoms with Gasteiger partial charge in [-0.1, -0.05) is 62.4 Å². The molecule has 0 radical (unpaired) electrons. The second-order valence-corrected chi connectivity index (χ2v) is 18.2. The van der Waals surface area contributed by atoms with Gasteiger partial charge in [-0.3, -0.25) is 0 Å². The summed E-state index contributed by atoms with van der Waals surface area (Å²) in [5.41, 5.74) is 5.29. The molecule has 2 fully saturated rings. The molecule has 4 atom stereocenters. The van der Waals surface area contributed by atoms with E-state index < -0.39 is 0 Å². The number of hydrogen-bond donors (Lipinski definition) is 0. The molecule has 0 saturated heterocycles. The first kappa shape index (κ1) is 48.4. The standard InChI is InChI=1S/C55H76O8/c1-11-56-39(5)60-49-23-15-45(16-24-49)54(46-17-25-50(26-18-46)61-40(6)57-12-2)35-31-43(32-36-54)53(9,10)44-33-37-55(38-34-44,47-19-27-51(28-20-47)62-41(7)58-13-3)48-21-29-52(30-22-48)63-42(8)59-14-4/h15-30,39-44H,11-14,31-38H2,1-10H3. The molecule has 4 unspecified atom stereocenters.